The predicted molar refractivity (Wildman–Crippen MR) is 72.8 cm³/mol. The summed E-state index contributed by atoms with van der Waals surface area (Å²) in [6.07, 6.45) is 4.49. The van der Waals surface area contributed by atoms with Crippen LogP contribution in [0, 0.1) is 5.92 Å². The van der Waals surface area contributed by atoms with E-state index in [1.807, 2.05) is 0 Å². The number of amides is 1. The number of nitrogens with one attached hydrogen (secondary N) is 1. The van der Waals surface area contributed by atoms with Gasteiger partial charge in [-0.1, -0.05) is 32.6 Å². The molecule has 0 aromatic heterocycles. The van der Waals surface area contributed by atoms with Crippen LogP contribution in [0.3, 0.4) is 0 Å². The van der Waals surface area contributed by atoms with Crippen LogP contribution in [0.2, 0.25) is 0 Å². The van der Waals surface area contributed by atoms with Crippen LogP contribution >= 0.6 is 0 Å². The van der Waals surface area contributed by atoms with Crippen molar-refractivity contribution in [1.82, 2.24) is 5.32 Å². The van der Waals surface area contributed by atoms with E-state index < -0.39 is 12.1 Å². The van der Waals surface area contributed by atoms with Crippen molar-refractivity contribution in [3.63, 3.8) is 0 Å². The largest absolute Gasteiger partial charge is 0.490 e. The van der Waals surface area contributed by atoms with Gasteiger partial charge in [0.25, 0.3) is 0 Å². The fourth-order valence-electron chi connectivity index (χ4n) is 2.08. The fourth-order valence-corrected chi connectivity index (χ4v) is 2.08. The summed E-state index contributed by atoms with van der Waals surface area (Å²) in [5, 5.41) is 10.2. The molecule has 0 bridgehead atoms. The van der Waals surface area contributed by atoms with Gasteiger partial charge in [-0.2, -0.15) is 13.2 Å². The number of halogens is 3. The number of carbonyl (C=O) groups is 2. The molecule has 4 nitrogen and oxygen atoms in total. The minimum atomic E-state index is -5.08. The Morgan fingerprint density at radius 3 is 2.14 bits per heavy atom. The Balaban J connectivity index is 0.000000486. The second-order valence-corrected chi connectivity index (χ2v) is 5.21. The van der Waals surface area contributed by atoms with Crippen molar-refractivity contribution >= 4 is 11.9 Å². The normalized spacial score (nSPS) is 15.8. The van der Waals surface area contributed by atoms with Crippen molar-refractivity contribution in [1.29, 1.82) is 0 Å². The number of carbonyl (C=O) groups excluding carboxylic acids is 1. The summed E-state index contributed by atoms with van der Waals surface area (Å²) in [6.45, 7) is 3.04. The molecule has 0 saturated heterocycles. The Hall–Kier alpha value is -1.27. The Labute approximate surface area is 123 Å². The molecule has 124 valence electrons. The molecule has 0 unspecified atom stereocenters. The molecule has 0 atom stereocenters. The first-order valence-electron chi connectivity index (χ1n) is 7.34. The average molecular weight is 311 g/mol. The molecule has 0 aliphatic heterocycles. The highest BCUT2D eigenvalue weighted by Gasteiger charge is 2.38. The zero-order chi connectivity index (χ0) is 16.3. The summed E-state index contributed by atoms with van der Waals surface area (Å²) < 4.78 is 31.7. The lowest BCUT2D eigenvalue weighted by atomic mass is 9.89. The van der Waals surface area contributed by atoms with Gasteiger partial charge in [-0.25, -0.2) is 4.79 Å². The van der Waals surface area contributed by atoms with Gasteiger partial charge in [0.05, 0.1) is 0 Å². The molecule has 1 rings (SSSR count). The van der Waals surface area contributed by atoms with Gasteiger partial charge in [-0.3, -0.25) is 4.79 Å². The molecule has 1 saturated carbocycles. The fraction of sp³-hybridized carbons (Fsp3) is 0.857. The summed E-state index contributed by atoms with van der Waals surface area (Å²) in [7, 11) is 0. The van der Waals surface area contributed by atoms with Crippen molar-refractivity contribution in [2.45, 2.75) is 64.5 Å². The van der Waals surface area contributed by atoms with Crippen LogP contribution in [-0.4, -0.2) is 29.7 Å². The quantitative estimate of drug-likeness (QED) is 0.816. The molecule has 0 radical (unpaired) electrons. The first-order chi connectivity index (χ1) is 9.77. The zero-order valence-electron chi connectivity index (χ0n) is 12.3. The maximum atomic E-state index is 11.3. The van der Waals surface area contributed by atoms with Crippen LogP contribution in [0.5, 0.6) is 0 Å². The maximum Gasteiger partial charge on any atom is 0.490 e. The highest BCUT2D eigenvalue weighted by molar-refractivity contribution is 5.75. The summed E-state index contributed by atoms with van der Waals surface area (Å²) in [5.74, 6) is -1.75. The van der Waals surface area contributed by atoms with Gasteiger partial charge in [-0.05, 0) is 25.2 Å². The Bertz CT molecular complexity index is 313. The minimum absolute atomic E-state index is 0.248. The van der Waals surface area contributed by atoms with E-state index in [-0.39, 0.29) is 5.91 Å². The lowest BCUT2D eigenvalue weighted by Crippen LogP contribution is -2.29. The van der Waals surface area contributed by atoms with E-state index in [0.717, 1.165) is 25.3 Å². The van der Waals surface area contributed by atoms with E-state index in [2.05, 4.69) is 12.2 Å². The second kappa shape index (κ2) is 10.5. The number of carboxylic acids is 1. The van der Waals surface area contributed by atoms with Crippen molar-refractivity contribution < 1.29 is 27.9 Å². The van der Waals surface area contributed by atoms with E-state index in [9.17, 15) is 18.0 Å². The Morgan fingerprint density at radius 1 is 1.19 bits per heavy atom. The third kappa shape index (κ3) is 11.1. The smallest absolute Gasteiger partial charge is 0.475 e. The van der Waals surface area contributed by atoms with E-state index in [4.69, 9.17) is 9.90 Å². The standard InChI is InChI=1S/C12H23NO.C2HF3O2/c1-2-3-9-12(14)13-10-11-7-5-4-6-8-11;3-2(4,5)1(6)7/h11H,2-10H2,1H3,(H,13,14);(H,6,7). The maximum absolute atomic E-state index is 11.3. The van der Waals surface area contributed by atoms with Crippen LogP contribution in [0.1, 0.15) is 58.3 Å². The van der Waals surface area contributed by atoms with E-state index >= 15 is 0 Å². The monoisotopic (exact) mass is 311 g/mol. The molecule has 0 aromatic carbocycles. The van der Waals surface area contributed by atoms with Crippen molar-refractivity contribution in [2.24, 2.45) is 5.92 Å². The van der Waals surface area contributed by atoms with Gasteiger partial charge in [0.15, 0.2) is 0 Å². The topological polar surface area (TPSA) is 66.4 Å². The Kier molecular flexibility index (Phi) is 9.82. The number of unbranched alkanes of at least 4 members (excludes halogenated alkanes) is 1. The van der Waals surface area contributed by atoms with Gasteiger partial charge in [-0.15, -0.1) is 0 Å². The zero-order valence-corrected chi connectivity index (χ0v) is 12.3. The highest BCUT2D eigenvalue weighted by Crippen LogP contribution is 2.22. The van der Waals surface area contributed by atoms with Gasteiger partial charge in [0.2, 0.25) is 5.91 Å². The Morgan fingerprint density at radius 2 is 1.71 bits per heavy atom. The van der Waals surface area contributed by atoms with Gasteiger partial charge in [0, 0.05) is 13.0 Å². The molecule has 1 aliphatic carbocycles. The van der Waals surface area contributed by atoms with Crippen LogP contribution in [0.4, 0.5) is 13.2 Å². The lowest BCUT2D eigenvalue weighted by molar-refractivity contribution is -0.192. The summed E-state index contributed by atoms with van der Waals surface area (Å²) >= 11 is 0. The van der Waals surface area contributed by atoms with Gasteiger partial charge >= 0.3 is 12.1 Å². The SMILES string of the molecule is CCCCC(=O)NCC1CCCCC1.O=C(O)C(F)(F)F. The molecule has 21 heavy (non-hydrogen) atoms. The van der Waals surface area contributed by atoms with Crippen molar-refractivity contribution in [3.05, 3.63) is 0 Å². The molecule has 1 fully saturated rings. The second-order valence-electron chi connectivity index (χ2n) is 5.21. The summed E-state index contributed by atoms with van der Waals surface area (Å²) in [5.41, 5.74) is 0. The third-order valence-corrected chi connectivity index (χ3v) is 3.31. The van der Waals surface area contributed by atoms with E-state index in [1.165, 1.54) is 32.1 Å². The number of alkyl halides is 3. The van der Waals surface area contributed by atoms with Crippen LogP contribution < -0.4 is 5.32 Å². The summed E-state index contributed by atoms with van der Waals surface area (Å²) in [4.78, 5) is 20.2. The number of hydrogen-bond donors (Lipinski definition) is 2. The number of rotatable bonds is 5. The molecule has 1 amide bonds. The number of hydrogen-bond acceptors (Lipinski definition) is 2. The molecule has 0 heterocycles. The van der Waals surface area contributed by atoms with Gasteiger partial charge in [0.1, 0.15) is 0 Å². The van der Waals surface area contributed by atoms with Crippen molar-refractivity contribution in [3.8, 4) is 0 Å². The van der Waals surface area contributed by atoms with Crippen LogP contribution in [0.15, 0.2) is 0 Å². The van der Waals surface area contributed by atoms with E-state index in [1.54, 1.807) is 0 Å². The number of carboxylic acid groups (broad SMARTS) is 1. The molecule has 2 N–H and O–H groups in total. The third-order valence-electron chi connectivity index (χ3n) is 3.31. The lowest BCUT2D eigenvalue weighted by Gasteiger charge is -2.21. The van der Waals surface area contributed by atoms with Crippen LogP contribution in [0.25, 0.3) is 0 Å². The van der Waals surface area contributed by atoms with Crippen LogP contribution in [-0.2, 0) is 9.59 Å². The van der Waals surface area contributed by atoms with E-state index in [0.29, 0.717) is 6.42 Å². The molecular formula is C14H24F3NO3. The predicted octanol–water partition coefficient (Wildman–Crippen LogP) is 3.51. The number of aliphatic carboxylic acids is 1. The highest BCUT2D eigenvalue weighted by atomic mass is 19.4. The van der Waals surface area contributed by atoms with Crippen molar-refractivity contribution in [2.75, 3.05) is 6.54 Å². The van der Waals surface area contributed by atoms with Gasteiger partial charge < -0.3 is 10.4 Å². The summed E-state index contributed by atoms with van der Waals surface area (Å²) in [6, 6.07) is 0. The molecular weight excluding hydrogens is 287 g/mol. The minimum Gasteiger partial charge on any atom is -0.475 e. The molecule has 0 aromatic rings. The first-order valence-corrected chi connectivity index (χ1v) is 7.34. The molecule has 0 spiro atoms. The first kappa shape index (κ1) is 19.7. The molecule has 1 aliphatic rings. The average Bonchev–Trinajstić information content (AvgIpc) is 2.43. The molecule has 7 heteroatoms.